The van der Waals surface area contributed by atoms with Crippen molar-refractivity contribution in [2.24, 2.45) is 0 Å². The van der Waals surface area contributed by atoms with Crippen LogP contribution in [0.4, 0.5) is 0 Å². The molecular formula is H11AlFeSi2. The average molecular weight is 150 g/mol. The van der Waals surface area contributed by atoms with Crippen LogP contribution in [0.15, 0.2) is 0 Å². The zero-order valence-corrected chi connectivity index (χ0v) is 1.46. The number of hydrogen-bond donors (Lipinski definition) is 0. The zero-order chi connectivity index (χ0) is 0. The van der Waals surface area contributed by atoms with Gasteiger partial charge in [-0.2, -0.15) is 0 Å². The normalized spacial score (nSPS) is 0. The van der Waals surface area contributed by atoms with Crippen LogP contribution >= 0.6 is 0 Å². The van der Waals surface area contributed by atoms with Crippen molar-refractivity contribution in [2.45, 2.75) is 0 Å². The summed E-state index contributed by atoms with van der Waals surface area (Å²) in [6.45, 7) is 0. The maximum atomic E-state index is 0. The molecule has 0 heterocycles. The summed E-state index contributed by atoms with van der Waals surface area (Å²) < 4.78 is 0. The Kier molecular flexibility index (Phi) is 309. The van der Waals surface area contributed by atoms with Gasteiger partial charge in [0.1, 0.15) is 0 Å². The van der Waals surface area contributed by atoms with Crippen molar-refractivity contribution in [1.29, 1.82) is 0 Å². The third-order valence-corrected chi connectivity index (χ3v) is 0. The molecule has 0 aliphatic carbocycles. The van der Waals surface area contributed by atoms with E-state index in [2.05, 4.69) is 0 Å². The van der Waals surface area contributed by atoms with Gasteiger partial charge in [-0.1, -0.05) is 0 Å². The molecule has 0 bridgehead atoms. The van der Waals surface area contributed by atoms with Gasteiger partial charge >= 0.3 is 0 Å². The van der Waals surface area contributed by atoms with Gasteiger partial charge in [-0.15, -0.1) is 0 Å². The first-order chi connectivity index (χ1) is 0. The standard InChI is InChI=1S/Al.Fe.2H4Si.3H/h;;2*1H4;;;. The molecule has 0 aromatic carbocycles. The molecule has 0 saturated heterocycles. The van der Waals surface area contributed by atoms with Crippen molar-refractivity contribution >= 4 is 39.3 Å². The van der Waals surface area contributed by atoms with Crippen LogP contribution in [0.2, 0.25) is 0 Å². The Hall–Kier alpha value is 1.49. The molecule has 0 N–H and O–H groups in total. The summed E-state index contributed by atoms with van der Waals surface area (Å²) in [5.74, 6) is 0. The molecule has 0 aromatic rings. The Morgan fingerprint density at radius 2 is 0.750 bits per heavy atom. The van der Waals surface area contributed by atoms with Crippen LogP contribution in [-0.4, -0.2) is 39.3 Å². The van der Waals surface area contributed by atoms with Crippen LogP contribution < -0.4 is 0 Å². The predicted octanol–water partition coefficient (Wildman–Crippen LogP) is -4.09. The molecule has 0 spiro atoms. The van der Waals surface area contributed by atoms with Gasteiger partial charge in [0, 0.05) is 17.1 Å². The van der Waals surface area contributed by atoms with Crippen molar-refractivity contribution < 1.29 is 17.1 Å². The monoisotopic (exact) mass is 150 g/mol. The minimum atomic E-state index is 0. The Labute approximate surface area is 56.4 Å². The summed E-state index contributed by atoms with van der Waals surface area (Å²) >= 11 is 0. The van der Waals surface area contributed by atoms with E-state index >= 15 is 0 Å². The van der Waals surface area contributed by atoms with Gasteiger partial charge in [-0.3, -0.25) is 0 Å². The summed E-state index contributed by atoms with van der Waals surface area (Å²) in [5.41, 5.74) is 0. The summed E-state index contributed by atoms with van der Waals surface area (Å²) in [4.78, 5) is 0. The second-order valence-electron chi connectivity index (χ2n) is 0. The van der Waals surface area contributed by atoms with Crippen LogP contribution in [0.3, 0.4) is 0 Å². The molecule has 0 unspecified atom stereocenters. The van der Waals surface area contributed by atoms with Gasteiger partial charge in [0.15, 0.2) is 17.4 Å². The van der Waals surface area contributed by atoms with Gasteiger partial charge in [0.2, 0.25) is 0 Å². The van der Waals surface area contributed by atoms with Gasteiger partial charge in [-0.05, 0) is 21.9 Å². The molecule has 0 aliphatic rings. The molecule has 4 heavy (non-hydrogen) atoms. The van der Waals surface area contributed by atoms with E-state index in [4.69, 9.17) is 0 Å². The van der Waals surface area contributed by atoms with Crippen LogP contribution in [0.25, 0.3) is 0 Å². The second kappa shape index (κ2) is 24.7. The summed E-state index contributed by atoms with van der Waals surface area (Å²) in [6, 6.07) is 0. The zero-order valence-electron chi connectivity index (χ0n) is 0.354. The Bertz CT molecular complexity index is 6.00. The molecule has 4 heteroatoms. The van der Waals surface area contributed by atoms with Crippen LogP contribution in [0.5, 0.6) is 0 Å². The van der Waals surface area contributed by atoms with Gasteiger partial charge in [0.05, 0.1) is 0 Å². The maximum absolute atomic E-state index is 0. The van der Waals surface area contributed by atoms with E-state index in [0.29, 0.717) is 0 Å². The first-order valence-corrected chi connectivity index (χ1v) is 0. The molecule has 0 rings (SSSR count). The number of rotatable bonds is 0. The fraction of sp³-hybridized carbons (Fsp3) is 0. The van der Waals surface area contributed by atoms with Crippen LogP contribution in [0.1, 0.15) is 0 Å². The van der Waals surface area contributed by atoms with E-state index in [1.54, 1.807) is 0 Å². The smallest absolute Gasteiger partial charge is 0.0149 e. The topological polar surface area (TPSA) is 0 Å². The molecule has 0 radical (unpaired) electrons. The predicted molar refractivity (Wildman–Crippen MR) is 32.6 cm³/mol. The molecule has 0 aromatic heterocycles. The maximum Gasteiger partial charge on any atom is 0.187 e. The summed E-state index contributed by atoms with van der Waals surface area (Å²) in [5, 5.41) is 0. The Morgan fingerprint density at radius 3 is 0.750 bits per heavy atom. The van der Waals surface area contributed by atoms with Gasteiger partial charge < -0.3 is 0 Å². The third kappa shape index (κ3) is 9.76. The quantitative estimate of drug-likeness (QED) is 0.308. The van der Waals surface area contributed by atoms with E-state index in [1.807, 2.05) is 0 Å². The molecule has 0 nitrogen and oxygen atoms in total. The minimum Gasteiger partial charge on any atom is -0.0149 e. The molecule has 0 fully saturated rings. The van der Waals surface area contributed by atoms with E-state index in [1.165, 1.54) is 0 Å². The van der Waals surface area contributed by atoms with Crippen molar-refractivity contribution in [1.82, 2.24) is 0 Å². The summed E-state index contributed by atoms with van der Waals surface area (Å²) in [7, 11) is 0. The van der Waals surface area contributed by atoms with Crippen molar-refractivity contribution in [2.75, 3.05) is 0 Å². The van der Waals surface area contributed by atoms with Crippen molar-refractivity contribution in [3.63, 3.8) is 0 Å². The third-order valence-electron chi connectivity index (χ3n) is 0. The Balaban J connectivity index is 0. The van der Waals surface area contributed by atoms with E-state index < -0.39 is 0 Å². The van der Waals surface area contributed by atoms with Crippen LogP contribution in [-0.2, 0) is 17.1 Å². The SMILES string of the molecule is [AlH3].[Fe].[SiH4].[SiH4]. The first kappa shape index (κ1) is 50.0. The fourth-order valence-electron chi connectivity index (χ4n) is 0. The number of hydrogen-bond acceptors (Lipinski definition) is 0. The van der Waals surface area contributed by atoms with Gasteiger partial charge in [-0.25, -0.2) is 0 Å². The molecule has 0 amide bonds. The minimum absolute atomic E-state index is 0. The molecular weight excluding hydrogens is 139 g/mol. The molecule has 0 atom stereocenters. The molecule has 30 valence electrons. The summed E-state index contributed by atoms with van der Waals surface area (Å²) in [6.07, 6.45) is 0. The largest absolute Gasteiger partial charge is 0.187 e. The molecule has 0 aliphatic heterocycles. The van der Waals surface area contributed by atoms with Crippen LogP contribution in [0, 0.1) is 0 Å². The molecule has 0 saturated carbocycles. The van der Waals surface area contributed by atoms with E-state index in [-0.39, 0.29) is 56.4 Å². The van der Waals surface area contributed by atoms with Crippen molar-refractivity contribution in [3.05, 3.63) is 0 Å². The average Bonchev–Trinajstić information content (AvgIpc) is 0. The van der Waals surface area contributed by atoms with Crippen molar-refractivity contribution in [3.8, 4) is 0 Å². The first-order valence-electron chi connectivity index (χ1n) is 0. The Morgan fingerprint density at radius 1 is 0.750 bits per heavy atom. The second-order valence-corrected chi connectivity index (χ2v) is 0. The van der Waals surface area contributed by atoms with E-state index in [9.17, 15) is 0 Å². The fourth-order valence-corrected chi connectivity index (χ4v) is 0. The van der Waals surface area contributed by atoms with E-state index in [0.717, 1.165) is 0 Å². The van der Waals surface area contributed by atoms with Gasteiger partial charge in [0.25, 0.3) is 0 Å².